The molecule has 4 heterocycles. The topological polar surface area (TPSA) is 136 Å². The summed E-state index contributed by atoms with van der Waals surface area (Å²) >= 11 is 0. The fourth-order valence-corrected chi connectivity index (χ4v) is 8.49. The molecule has 52 heavy (non-hydrogen) atoms. The first-order valence-corrected chi connectivity index (χ1v) is 19.3. The molecule has 2 fully saturated rings. The van der Waals surface area contributed by atoms with Gasteiger partial charge in [-0.2, -0.15) is 0 Å². The Bertz CT molecular complexity index is 1300. The number of ether oxygens (including phenoxy) is 5. The molecule has 0 amide bonds. The maximum Gasteiger partial charge on any atom is 0.319 e. The Kier molecular flexibility index (Phi) is 15.6. The van der Waals surface area contributed by atoms with Crippen molar-refractivity contribution in [2.45, 2.75) is 129 Å². The van der Waals surface area contributed by atoms with E-state index in [1.165, 1.54) is 5.56 Å². The molecule has 1 N–H and O–H groups in total. The van der Waals surface area contributed by atoms with Gasteiger partial charge in [-0.1, -0.05) is 13.8 Å². The van der Waals surface area contributed by atoms with Crippen molar-refractivity contribution in [3.8, 4) is 0 Å². The van der Waals surface area contributed by atoms with Crippen LogP contribution in [0.1, 0.15) is 84.9 Å². The summed E-state index contributed by atoms with van der Waals surface area (Å²) < 4.78 is 30.8. The largest absolute Gasteiger partial charge is 0.463 e. The van der Waals surface area contributed by atoms with Gasteiger partial charge in [-0.25, -0.2) is 9.97 Å². The van der Waals surface area contributed by atoms with E-state index in [9.17, 15) is 14.7 Å². The summed E-state index contributed by atoms with van der Waals surface area (Å²) in [5, 5.41) is 11.4. The lowest BCUT2D eigenvalue weighted by Crippen LogP contribution is -2.59. The number of nitrogens with zero attached hydrogens (tertiary/aromatic N) is 5. The number of esters is 1. The number of hydrogen-bond donors (Lipinski definition) is 1. The smallest absolute Gasteiger partial charge is 0.319 e. The molecule has 1 aromatic rings. The van der Waals surface area contributed by atoms with Crippen LogP contribution in [-0.4, -0.2) is 152 Å². The summed E-state index contributed by atoms with van der Waals surface area (Å²) in [6, 6.07) is -0.241. The number of carbonyl (C=O) groups is 2. The number of aliphatic hydroxyl groups excluding tert-OH is 1. The molecule has 3 aliphatic rings. The van der Waals surface area contributed by atoms with E-state index < -0.39 is 41.4 Å². The number of methoxy groups -OCH3 is 2. The van der Waals surface area contributed by atoms with Gasteiger partial charge in [0.2, 0.25) is 0 Å². The Morgan fingerprint density at radius 2 is 1.85 bits per heavy atom. The Morgan fingerprint density at radius 1 is 1.10 bits per heavy atom. The van der Waals surface area contributed by atoms with Crippen molar-refractivity contribution >= 4 is 11.8 Å². The molecule has 3 aliphatic heterocycles. The molecule has 1 aromatic heterocycles. The van der Waals surface area contributed by atoms with Crippen molar-refractivity contribution in [1.82, 2.24) is 24.7 Å². The molecule has 9 atom stereocenters. The van der Waals surface area contributed by atoms with Crippen LogP contribution in [-0.2, 0) is 46.2 Å². The van der Waals surface area contributed by atoms with Gasteiger partial charge in [0.1, 0.15) is 24.5 Å². The van der Waals surface area contributed by atoms with E-state index in [0.29, 0.717) is 19.4 Å². The maximum absolute atomic E-state index is 14.4. The lowest BCUT2D eigenvalue weighted by atomic mass is 9.74. The van der Waals surface area contributed by atoms with Crippen LogP contribution in [0.25, 0.3) is 0 Å². The molecule has 296 valence electrons. The van der Waals surface area contributed by atoms with Gasteiger partial charge in [0, 0.05) is 88.9 Å². The average molecular weight is 734 g/mol. The van der Waals surface area contributed by atoms with Gasteiger partial charge < -0.3 is 33.7 Å². The molecular formula is C39H67N5O8. The molecule has 13 nitrogen and oxygen atoms in total. The predicted molar refractivity (Wildman–Crippen MR) is 198 cm³/mol. The quantitative estimate of drug-likeness (QED) is 0.191. The minimum Gasteiger partial charge on any atom is -0.463 e. The second-order valence-corrected chi connectivity index (χ2v) is 16.5. The fourth-order valence-electron chi connectivity index (χ4n) is 8.49. The molecule has 0 unspecified atom stereocenters. The van der Waals surface area contributed by atoms with Crippen molar-refractivity contribution < 1.29 is 38.4 Å². The second kappa shape index (κ2) is 19.0. The van der Waals surface area contributed by atoms with Crippen molar-refractivity contribution in [2.24, 2.45) is 17.3 Å². The number of likely N-dealkylation sites (N-methyl/N-ethyl adjacent to an activating group) is 1. The average Bonchev–Trinajstić information content (AvgIpc) is 3.11. The second-order valence-electron chi connectivity index (χ2n) is 16.5. The van der Waals surface area contributed by atoms with E-state index in [1.807, 2.05) is 39.0 Å². The van der Waals surface area contributed by atoms with E-state index >= 15 is 0 Å². The number of hydrogen-bond acceptors (Lipinski definition) is 13. The molecule has 0 saturated carbocycles. The normalized spacial score (nSPS) is 34.2. The highest BCUT2D eigenvalue weighted by Gasteiger charge is 2.51. The summed E-state index contributed by atoms with van der Waals surface area (Å²) in [6.45, 7) is 16.2. The number of carbonyl (C=O) groups excluding carboxylic acids is 2. The zero-order chi connectivity index (χ0) is 38.2. The van der Waals surface area contributed by atoms with Gasteiger partial charge in [-0.05, 0) is 86.4 Å². The first kappa shape index (κ1) is 42.6. The van der Waals surface area contributed by atoms with E-state index in [1.54, 1.807) is 41.3 Å². The van der Waals surface area contributed by atoms with Crippen LogP contribution in [0.2, 0.25) is 0 Å². The third kappa shape index (κ3) is 10.6. The zero-order valence-corrected chi connectivity index (χ0v) is 33.5. The highest BCUT2D eigenvalue weighted by Crippen LogP contribution is 2.38. The maximum atomic E-state index is 14.4. The Morgan fingerprint density at radius 3 is 2.54 bits per heavy atom. The van der Waals surface area contributed by atoms with Crippen molar-refractivity contribution in [3.05, 3.63) is 23.8 Å². The number of rotatable bonds is 12. The highest BCUT2D eigenvalue weighted by atomic mass is 16.7. The summed E-state index contributed by atoms with van der Waals surface area (Å²) in [7, 11) is 7.21. The van der Waals surface area contributed by atoms with Crippen LogP contribution in [0, 0.1) is 17.3 Å². The minimum absolute atomic E-state index is 0.0520. The van der Waals surface area contributed by atoms with E-state index in [-0.39, 0.29) is 36.5 Å². The summed E-state index contributed by atoms with van der Waals surface area (Å²) in [4.78, 5) is 43.8. The number of Topliss-reactive ketones (excluding diaryl/α,β-unsaturated/α-hetero) is 1. The molecule has 2 saturated heterocycles. The summed E-state index contributed by atoms with van der Waals surface area (Å²) in [6.07, 6.45) is 5.30. The number of aromatic nitrogens is 2. The van der Waals surface area contributed by atoms with Crippen molar-refractivity contribution in [2.75, 3.05) is 67.7 Å². The number of cyclic esters (lactones) is 1. The third-order valence-corrected chi connectivity index (χ3v) is 11.6. The molecule has 4 rings (SSSR count). The molecule has 13 heteroatoms. The Balaban J connectivity index is 1.61. The van der Waals surface area contributed by atoms with Gasteiger partial charge in [0.05, 0.1) is 17.8 Å². The van der Waals surface area contributed by atoms with E-state index in [2.05, 4.69) is 26.7 Å². The van der Waals surface area contributed by atoms with Gasteiger partial charge in [0.15, 0.2) is 12.1 Å². The van der Waals surface area contributed by atoms with Crippen LogP contribution in [0.15, 0.2) is 12.5 Å². The van der Waals surface area contributed by atoms with Crippen LogP contribution < -0.4 is 0 Å². The van der Waals surface area contributed by atoms with Crippen LogP contribution in [0.5, 0.6) is 0 Å². The van der Waals surface area contributed by atoms with Crippen LogP contribution in [0.4, 0.5) is 0 Å². The number of aliphatic hydroxyl groups is 1. The van der Waals surface area contributed by atoms with Crippen LogP contribution >= 0.6 is 0 Å². The van der Waals surface area contributed by atoms with Gasteiger partial charge >= 0.3 is 5.97 Å². The summed E-state index contributed by atoms with van der Waals surface area (Å²) in [5.41, 5.74) is -0.0955. The Labute approximate surface area is 312 Å². The van der Waals surface area contributed by atoms with E-state index in [4.69, 9.17) is 23.7 Å². The van der Waals surface area contributed by atoms with Gasteiger partial charge in [-0.15, -0.1) is 0 Å². The number of ketones is 1. The van der Waals surface area contributed by atoms with E-state index in [0.717, 1.165) is 64.1 Å². The molecule has 0 spiro atoms. The predicted octanol–water partition coefficient (Wildman–Crippen LogP) is 3.35. The standard InChI is InChI=1S/C39H67N5O8/c1-26-20-39(6,49-10)35(52-36-33(45)32(42(7)8)19-27(2)51-36)28(3)34(46)38(4,5)37(47)50-24-30(44(22-26)16-12-18-48-9)13-11-15-43-17-14-31-29(23-43)21-40-25-41-31/h21,25-28,30,32-33,35-36,45H,11-20,22-24H2,1-10H3/t26-,27-,28+,30-,32+,33-,35-,36+,39-/m1/s1. The number of fused-ring (bicyclic) bond motifs is 1. The minimum atomic E-state index is -1.45. The lowest BCUT2D eigenvalue weighted by molar-refractivity contribution is -0.295. The van der Waals surface area contributed by atoms with Crippen molar-refractivity contribution in [3.63, 3.8) is 0 Å². The molecule has 0 aliphatic carbocycles. The molecule has 0 bridgehead atoms. The SMILES string of the molecule is COCCCN1C[C@H](C)C[C@@](C)(OC)[C@H](O[C@@H]2O[C@H](C)C[C@H](N(C)C)[C@H]2O)[C@@H](C)C(=O)C(C)(C)C(=O)OC[C@H]1CCCN1CCc2ncncc2C1. The van der Waals surface area contributed by atoms with Gasteiger partial charge in [0.25, 0.3) is 0 Å². The Hall–Kier alpha value is -2.10. The zero-order valence-electron chi connectivity index (χ0n) is 33.5. The fraction of sp³-hybridized carbons (Fsp3) is 0.846. The summed E-state index contributed by atoms with van der Waals surface area (Å²) in [5.74, 6) is -1.53. The molecule has 0 radical (unpaired) electrons. The van der Waals surface area contributed by atoms with Gasteiger partial charge in [-0.3, -0.25) is 19.4 Å². The molecule has 0 aromatic carbocycles. The molecular weight excluding hydrogens is 666 g/mol. The highest BCUT2D eigenvalue weighted by molar-refractivity contribution is 6.04. The lowest BCUT2D eigenvalue weighted by Gasteiger charge is -2.47. The monoisotopic (exact) mass is 733 g/mol. The first-order valence-electron chi connectivity index (χ1n) is 19.3. The van der Waals surface area contributed by atoms with Crippen LogP contribution in [0.3, 0.4) is 0 Å². The van der Waals surface area contributed by atoms with Crippen molar-refractivity contribution in [1.29, 1.82) is 0 Å². The first-order chi connectivity index (χ1) is 24.6. The third-order valence-electron chi connectivity index (χ3n) is 11.6.